The highest BCUT2D eigenvalue weighted by molar-refractivity contribution is 6.00. The van der Waals surface area contributed by atoms with Crippen molar-refractivity contribution in [2.24, 2.45) is 5.92 Å². The molecule has 2 aliphatic rings. The molecule has 6 heteroatoms. The summed E-state index contributed by atoms with van der Waals surface area (Å²) in [5.74, 6) is 0.555. The van der Waals surface area contributed by atoms with Gasteiger partial charge in [0.2, 0.25) is 11.8 Å². The van der Waals surface area contributed by atoms with Crippen LogP contribution in [0.15, 0.2) is 24.3 Å². The zero-order chi connectivity index (χ0) is 18.0. The van der Waals surface area contributed by atoms with Crippen molar-refractivity contribution < 1.29 is 19.1 Å². The van der Waals surface area contributed by atoms with Crippen molar-refractivity contribution in [3.05, 3.63) is 24.3 Å². The predicted octanol–water partition coefficient (Wildman–Crippen LogP) is 2.07. The number of carbonyl (C=O) groups excluding carboxylic acids is 2. The van der Waals surface area contributed by atoms with Gasteiger partial charge in [0, 0.05) is 31.7 Å². The molecular weight excluding hydrogens is 320 g/mol. The molecule has 2 fully saturated rings. The molecule has 0 spiro atoms. The summed E-state index contributed by atoms with van der Waals surface area (Å²) in [6, 6.07) is 7.45. The molecule has 2 amide bonds. The molecule has 0 aliphatic carbocycles. The average molecular weight is 346 g/mol. The highest BCUT2D eigenvalue weighted by Gasteiger charge is 2.38. The van der Waals surface area contributed by atoms with E-state index in [0.29, 0.717) is 26.2 Å². The fourth-order valence-electron chi connectivity index (χ4n) is 3.63. The van der Waals surface area contributed by atoms with Gasteiger partial charge in [-0.2, -0.15) is 0 Å². The number of anilines is 1. The van der Waals surface area contributed by atoms with Crippen LogP contribution in [0.3, 0.4) is 0 Å². The molecule has 0 N–H and O–H groups in total. The van der Waals surface area contributed by atoms with Crippen LogP contribution in [0.5, 0.6) is 5.75 Å². The van der Waals surface area contributed by atoms with Gasteiger partial charge in [0.15, 0.2) is 0 Å². The van der Waals surface area contributed by atoms with Crippen molar-refractivity contribution in [1.82, 2.24) is 4.90 Å². The van der Waals surface area contributed by atoms with Crippen molar-refractivity contribution in [2.45, 2.75) is 39.4 Å². The second kappa shape index (κ2) is 7.44. The van der Waals surface area contributed by atoms with E-state index in [0.717, 1.165) is 11.4 Å². The third kappa shape index (κ3) is 3.95. The molecular formula is C19H26N2O4. The number of hydrogen-bond donors (Lipinski definition) is 0. The molecule has 136 valence electrons. The van der Waals surface area contributed by atoms with Gasteiger partial charge in [0.25, 0.3) is 0 Å². The molecule has 3 rings (SSSR count). The molecule has 2 heterocycles. The Balaban J connectivity index is 1.66. The average Bonchev–Trinajstić information content (AvgIpc) is 2.96. The predicted molar refractivity (Wildman–Crippen MR) is 94.7 cm³/mol. The lowest BCUT2D eigenvalue weighted by atomic mass is 10.1. The molecule has 0 aromatic heterocycles. The van der Waals surface area contributed by atoms with E-state index in [1.54, 1.807) is 4.90 Å². The summed E-state index contributed by atoms with van der Waals surface area (Å²) in [6.07, 6.45) is 0.339. The van der Waals surface area contributed by atoms with Crippen molar-refractivity contribution >= 4 is 17.5 Å². The van der Waals surface area contributed by atoms with Gasteiger partial charge in [-0.1, -0.05) is 0 Å². The van der Waals surface area contributed by atoms with Crippen LogP contribution >= 0.6 is 0 Å². The van der Waals surface area contributed by atoms with Crippen LogP contribution in [0.1, 0.15) is 27.2 Å². The van der Waals surface area contributed by atoms with E-state index in [1.165, 1.54) is 0 Å². The molecule has 0 unspecified atom stereocenters. The highest BCUT2D eigenvalue weighted by Crippen LogP contribution is 2.28. The zero-order valence-corrected chi connectivity index (χ0v) is 15.1. The summed E-state index contributed by atoms with van der Waals surface area (Å²) < 4.78 is 11.1. The zero-order valence-electron chi connectivity index (χ0n) is 15.1. The Bertz CT molecular complexity index is 621. The minimum atomic E-state index is -0.281. The maximum atomic E-state index is 12.8. The minimum absolute atomic E-state index is 0.00290. The lowest BCUT2D eigenvalue weighted by Crippen LogP contribution is -2.50. The van der Waals surface area contributed by atoms with Crippen LogP contribution in [0.4, 0.5) is 5.69 Å². The largest absolute Gasteiger partial charge is 0.494 e. The molecule has 0 bridgehead atoms. The second-order valence-electron chi connectivity index (χ2n) is 6.83. The lowest BCUT2D eigenvalue weighted by Gasteiger charge is -2.36. The number of ether oxygens (including phenoxy) is 2. The van der Waals surface area contributed by atoms with Gasteiger partial charge < -0.3 is 19.3 Å². The minimum Gasteiger partial charge on any atom is -0.494 e. The third-order valence-corrected chi connectivity index (χ3v) is 4.66. The van der Waals surface area contributed by atoms with Crippen LogP contribution in [0.25, 0.3) is 0 Å². The van der Waals surface area contributed by atoms with Crippen molar-refractivity contribution in [2.75, 3.05) is 31.1 Å². The maximum Gasteiger partial charge on any atom is 0.228 e. The monoisotopic (exact) mass is 346 g/mol. The standard InChI is InChI=1S/C19H26N2O4/c1-4-24-17-7-5-16(6-8-17)21-12-15(9-18(21)22)19(23)20-10-13(2)25-14(3)11-20/h5-8,13-15H,4,9-12H2,1-3H3/t13-,14-,15-/m0/s1. The number of rotatable bonds is 4. The number of carbonyl (C=O) groups is 2. The quantitative estimate of drug-likeness (QED) is 0.837. The number of morpholine rings is 1. The topological polar surface area (TPSA) is 59.1 Å². The van der Waals surface area contributed by atoms with E-state index >= 15 is 0 Å². The van der Waals surface area contributed by atoms with Crippen molar-refractivity contribution in [3.63, 3.8) is 0 Å². The number of benzene rings is 1. The first kappa shape index (κ1) is 17.7. The van der Waals surface area contributed by atoms with Crippen molar-refractivity contribution in [1.29, 1.82) is 0 Å². The molecule has 1 aromatic rings. The molecule has 6 nitrogen and oxygen atoms in total. The van der Waals surface area contributed by atoms with Crippen LogP contribution in [-0.2, 0) is 14.3 Å². The highest BCUT2D eigenvalue weighted by atomic mass is 16.5. The summed E-state index contributed by atoms with van der Waals surface area (Å²) >= 11 is 0. The number of nitrogens with zero attached hydrogens (tertiary/aromatic N) is 2. The summed E-state index contributed by atoms with van der Waals surface area (Å²) in [7, 11) is 0. The van der Waals surface area contributed by atoms with Crippen LogP contribution in [-0.4, -0.2) is 55.2 Å². The molecule has 3 atom stereocenters. The molecule has 25 heavy (non-hydrogen) atoms. The van der Waals surface area contributed by atoms with Gasteiger partial charge >= 0.3 is 0 Å². The molecule has 2 saturated heterocycles. The molecule has 0 radical (unpaired) electrons. The number of amides is 2. The van der Waals surface area contributed by atoms with Gasteiger partial charge in [-0.05, 0) is 45.0 Å². The van der Waals surface area contributed by atoms with Gasteiger partial charge in [-0.25, -0.2) is 0 Å². The third-order valence-electron chi connectivity index (χ3n) is 4.66. The van der Waals surface area contributed by atoms with Crippen molar-refractivity contribution in [3.8, 4) is 5.75 Å². The summed E-state index contributed by atoms with van der Waals surface area (Å²) in [6.45, 7) is 8.11. The Morgan fingerprint density at radius 3 is 2.40 bits per heavy atom. The Hall–Kier alpha value is -2.08. The molecule has 0 saturated carbocycles. The normalized spacial score (nSPS) is 26.8. The number of hydrogen-bond acceptors (Lipinski definition) is 4. The molecule has 2 aliphatic heterocycles. The van der Waals surface area contributed by atoms with E-state index in [4.69, 9.17) is 9.47 Å². The Labute approximate surface area is 148 Å². The Kier molecular flexibility index (Phi) is 5.27. The van der Waals surface area contributed by atoms with Crippen LogP contribution in [0.2, 0.25) is 0 Å². The maximum absolute atomic E-state index is 12.8. The summed E-state index contributed by atoms with van der Waals surface area (Å²) in [5, 5.41) is 0. The van der Waals surface area contributed by atoms with Gasteiger partial charge in [-0.15, -0.1) is 0 Å². The lowest BCUT2D eigenvalue weighted by molar-refractivity contribution is -0.147. The SMILES string of the molecule is CCOc1ccc(N2C[C@@H](C(=O)N3C[C@H](C)O[C@@H](C)C3)CC2=O)cc1. The summed E-state index contributed by atoms with van der Waals surface area (Å²) in [4.78, 5) is 28.8. The van der Waals surface area contributed by atoms with E-state index in [1.807, 2.05) is 49.9 Å². The van der Waals surface area contributed by atoms with Gasteiger partial charge in [-0.3, -0.25) is 9.59 Å². The van der Waals surface area contributed by atoms with E-state index in [9.17, 15) is 9.59 Å². The molecule has 1 aromatic carbocycles. The van der Waals surface area contributed by atoms with Crippen LogP contribution in [0, 0.1) is 5.92 Å². The Morgan fingerprint density at radius 2 is 1.80 bits per heavy atom. The smallest absolute Gasteiger partial charge is 0.228 e. The summed E-state index contributed by atoms with van der Waals surface area (Å²) in [5.41, 5.74) is 0.812. The fraction of sp³-hybridized carbons (Fsp3) is 0.579. The first-order valence-electron chi connectivity index (χ1n) is 8.95. The Morgan fingerprint density at radius 1 is 1.16 bits per heavy atom. The second-order valence-corrected chi connectivity index (χ2v) is 6.83. The van der Waals surface area contributed by atoms with E-state index < -0.39 is 0 Å². The van der Waals surface area contributed by atoms with E-state index in [2.05, 4.69) is 0 Å². The first-order chi connectivity index (χ1) is 12.0. The first-order valence-corrected chi connectivity index (χ1v) is 8.95. The van der Waals surface area contributed by atoms with Gasteiger partial charge in [0.05, 0.1) is 24.7 Å². The van der Waals surface area contributed by atoms with Crippen LogP contribution < -0.4 is 9.64 Å². The van der Waals surface area contributed by atoms with Gasteiger partial charge in [0.1, 0.15) is 5.75 Å². The fourth-order valence-corrected chi connectivity index (χ4v) is 3.63. The van der Waals surface area contributed by atoms with E-state index in [-0.39, 0.29) is 36.4 Å².